The topological polar surface area (TPSA) is 0 Å². The molecule has 0 aromatic heterocycles. The Morgan fingerprint density at radius 2 is 1.94 bits per heavy atom. The maximum Gasteiger partial charge on any atom is 0.0400 e. The lowest BCUT2D eigenvalue weighted by molar-refractivity contribution is 0.488. The van der Waals surface area contributed by atoms with E-state index in [9.17, 15) is 0 Å². The van der Waals surface area contributed by atoms with Gasteiger partial charge in [0.1, 0.15) is 0 Å². The van der Waals surface area contributed by atoms with Crippen LogP contribution in [0.15, 0.2) is 22.7 Å². The van der Waals surface area contributed by atoms with Gasteiger partial charge in [-0.15, -0.1) is 0 Å². The number of hydrogen-bond donors (Lipinski definition) is 0. The largest absolute Gasteiger partial charge is 0.0680 e. The van der Waals surface area contributed by atoms with E-state index >= 15 is 0 Å². The lowest BCUT2D eigenvalue weighted by atomic mass is 9.84. The van der Waals surface area contributed by atoms with Crippen molar-refractivity contribution in [1.82, 2.24) is 0 Å². The molecule has 1 aliphatic carbocycles. The van der Waals surface area contributed by atoms with Crippen LogP contribution in [-0.2, 0) is 12.8 Å². The molecule has 1 aliphatic rings. The summed E-state index contributed by atoms with van der Waals surface area (Å²) in [5, 5.41) is 0. The van der Waals surface area contributed by atoms with Crippen molar-refractivity contribution in [3.8, 4) is 0 Å². The van der Waals surface area contributed by atoms with E-state index in [1.165, 1.54) is 29.4 Å². The fourth-order valence-corrected chi connectivity index (χ4v) is 7.49. The molecule has 2 heteroatoms. The summed E-state index contributed by atoms with van der Waals surface area (Å²) in [5.41, 5.74) is 4.21. The van der Waals surface area contributed by atoms with Crippen LogP contribution in [0.2, 0.25) is 17.6 Å². The van der Waals surface area contributed by atoms with E-state index in [1.54, 1.807) is 11.1 Å². The standard InChI is InChI=1S/C15H23BrSi/c1-4-17(5-2)15-10-12-7-6-8-14(16)13(12)9-11(15)3/h6-8,11,15,17H,4-5,9-10H2,1-3H3/t11-,15+/m0/s1. The summed E-state index contributed by atoms with van der Waals surface area (Å²) in [6, 6.07) is 9.67. The van der Waals surface area contributed by atoms with Gasteiger partial charge in [0, 0.05) is 13.3 Å². The van der Waals surface area contributed by atoms with Gasteiger partial charge in [-0.2, -0.15) is 0 Å². The molecule has 2 rings (SSSR count). The predicted molar refractivity (Wildman–Crippen MR) is 82.6 cm³/mol. The molecule has 0 unspecified atom stereocenters. The van der Waals surface area contributed by atoms with Crippen LogP contribution in [0.3, 0.4) is 0 Å². The number of hydrogen-bond acceptors (Lipinski definition) is 0. The Morgan fingerprint density at radius 1 is 1.24 bits per heavy atom. The van der Waals surface area contributed by atoms with Gasteiger partial charge >= 0.3 is 0 Å². The summed E-state index contributed by atoms with van der Waals surface area (Å²) in [6.45, 7) is 7.28. The first-order valence-corrected chi connectivity index (χ1v) is 10.0. The average molecular weight is 311 g/mol. The molecule has 0 bridgehead atoms. The smallest absolute Gasteiger partial charge is 0.0400 e. The molecule has 0 fully saturated rings. The molecular formula is C15H23BrSi. The van der Waals surface area contributed by atoms with Crippen molar-refractivity contribution in [2.45, 2.75) is 51.2 Å². The highest BCUT2D eigenvalue weighted by Crippen LogP contribution is 2.40. The van der Waals surface area contributed by atoms with E-state index in [2.05, 4.69) is 54.9 Å². The second-order valence-corrected chi connectivity index (χ2v) is 10.4. The fraction of sp³-hybridized carbons (Fsp3) is 0.600. The van der Waals surface area contributed by atoms with Crippen molar-refractivity contribution >= 4 is 24.7 Å². The average Bonchev–Trinajstić information content (AvgIpc) is 2.33. The second kappa shape index (κ2) is 5.70. The molecule has 0 heterocycles. The first-order chi connectivity index (χ1) is 8.17. The Kier molecular flexibility index (Phi) is 4.48. The van der Waals surface area contributed by atoms with E-state index in [1.807, 2.05) is 0 Å². The zero-order valence-corrected chi connectivity index (χ0v) is 13.9. The SMILES string of the molecule is CC[SiH](CC)[C@@H]1Cc2cccc(Br)c2C[C@@H]1C. The third kappa shape index (κ3) is 2.68. The third-order valence-electron chi connectivity index (χ3n) is 4.58. The van der Waals surface area contributed by atoms with Crippen LogP contribution in [0.5, 0.6) is 0 Å². The lowest BCUT2D eigenvalue weighted by Gasteiger charge is -2.35. The first kappa shape index (κ1) is 13.4. The number of halogens is 1. The molecule has 17 heavy (non-hydrogen) atoms. The lowest BCUT2D eigenvalue weighted by Crippen LogP contribution is -2.30. The molecular weight excluding hydrogens is 288 g/mol. The summed E-state index contributed by atoms with van der Waals surface area (Å²) < 4.78 is 1.33. The van der Waals surface area contributed by atoms with Gasteiger partial charge in [0.2, 0.25) is 0 Å². The van der Waals surface area contributed by atoms with Crippen LogP contribution in [0.4, 0.5) is 0 Å². The van der Waals surface area contributed by atoms with Gasteiger partial charge in [0.25, 0.3) is 0 Å². The van der Waals surface area contributed by atoms with Gasteiger partial charge in [-0.1, -0.05) is 60.9 Å². The van der Waals surface area contributed by atoms with Gasteiger partial charge in [-0.25, -0.2) is 0 Å². The van der Waals surface area contributed by atoms with E-state index in [0.29, 0.717) is 0 Å². The third-order valence-corrected chi connectivity index (χ3v) is 9.53. The van der Waals surface area contributed by atoms with Crippen LogP contribution in [0.25, 0.3) is 0 Å². The minimum Gasteiger partial charge on any atom is -0.0680 e. The summed E-state index contributed by atoms with van der Waals surface area (Å²) in [7, 11) is -0.521. The molecule has 0 aliphatic heterocycles. The molecule has 1 aromatic rings. The Balaban J connectivity index is 2.27. The Hall–Kier alpha value is -0.0831. The minimum absolute atomic E-state index is 0.521. The highest BCUT2D eigenvalue weighted by Gasteiger charge is 2.31. The number of fused-ring (bicyclic) bond motifs is 1. The zero-order chi connectivity index (χ0) is 12.4. The second-order valence-electron chi connectivity index (χ2n) is 5.50. The number of rotatable bonds is 3. The molecule has 2 atom stereocenters. The normalized spacial score (nSPS) is 23.8. The van der Waals surface area contributed by atoms with Crippen LogP contribution >= 0.6 is 15.9 Å². The fourth-order valence-electron chi connectivity index (χ4n) is 3.48. The van der Waals surface area contributed by atoms with Crippen molar-refractivity contribution in [3.05, 3.63) is 33.8 Å². The molecule has 0 nitrogen and oxygen atoms in total. The van der Waals surface area contributed by atoms with E-state index in [-0.39, 0.29) is 0 Å². The van der Waals surface area contributed by atoms with E-state index in [4.69, 9.17) is 0 Å². The number of benzene rings is 1. The van der Waals surface area contributed by atoms with Crippen LogP contribution in [-0.4, -0.2) is 8.80 Å². The highest BCUT2D eigenvalue weighted by atomic mass is 79.9. The van der Waals surface area contributed by atoms with Crippen molar-refractivity contribution in [2.24, 2.45) is 5.92 Å². The molecule has 1 aromatic carbocycles. The summed E-state index contributed by atoms with van der Waals surface area (Å²) in [4.78, 5) is 0. The quantitative estimate of drug-likeness (QED) is 0.702. The molecule has 94 valence electrons. The maximum atomic E-state index is 3.71. The first-order valence-electron chi connectivity index (χ1n) is 6.93. The molecule has 0 spiro atoms. The Labute approximate surface area is 116 Å². The molecule has 0 N–H and O–H groups in total. The highest BCUT2D eigenvalue weighted by molar-refractivity contribution is 9.10. The van der Waals surface area contributed by atoms with E-state index < -0.39 is 8.80 Å². The molecule has 0 saturated carbocycles. The van der Waals surface area contributed by atoms with Gasteiger partial charge < -0.3 is 0 Å². The van der Waals surface area contributed by atoms with Crippen molar-refractivity contribution < 1.29 is 0 Å². The maximum absolute atomic E-state index is 3.71. The van der Waals surface area contributed by atoms with Crippen molar-refractivity contribution in [3.63, 3.8) is 0 Å². The van der Waals surface area contributed by atoms with Crippen LogP contribution in [0, 0.1) is 5.92 Å². The summed E-state index contributed by atoms with van der Waals surface area (Å²) >= 11 is 3.71. The summed E-state index contributed by atoms with van der Waals surface area (Å²) in [5.74, 6) is 0.887. The molecule has 0 saturated heterocycles. The van der Waals surface area contributed by atoms with E-state index in [0.717, 1.165) is 11.5 Å². The predicted octanol–water partition coefficient (Wildman–Crippen LogP) is 4.82. The van der Waals surface area contributed by atoms with Crippen molar-refractivity contribution in [2.75, 3.05) is 0 Å². The van der Waals surface area contributed by atoms with Gasteiger partial charge in [0.15, 0.2) is 0 Å². The molecule has 0 amide bonds. The summed E-state index contributed by atoms with van der Waals surface area (Å²) in [6.07, 6.45) is 2.62. The zero-order valence-electron chi connectivity index (χ0n) is 11.2. The Morgan fingerprint density at radius 3 is 2.59 bits per heavy atom. The molecule has 0 radical (unpaired) electrons. The Bertz CT molecular complexity index is 385. The van der Waals surface area contributed by atoms with Crippen molar-refractivity contribution in [1.29, 1.82) is 0 Å². The minimum atomic E-state index is -0.521. The van der Waals surface area contributed by atoms with Crippen LogP contribution < -0.4 is 0 Å². The van der Waals surface area contributed by atoms with Gasteiger partial charge in [0.05, 0.1) is 0 Å². The van der Waals surface area contributed by atoms with Crippen LogP contribution in [0.1, 0.15) is 31.9 Å². The van der Waals surface area contributed by atoms with Gasteiger partial charge in [-0.05, 0) is 41.5 Å². The van der Waals surface area contributed by atoms with Gasteiger partial charge in [-0.3, -0.25) is 0 Å². The monoisotopic (exact) mass is 310 g/mol.